The van der Waals surface area contributed by atoms with Gasteiger partial charge in [0.05, 0.1) is 19.1 Å². The molecule has 0 radical (unpaired) electrons. The van der Waals surface area contributed by atoms with Crippen molar-refractivity contribution in [1.29, 1.82) is 0 Å². The molecule has 0 spiro atoms. The zero-order chi connectivity index (χ0) is 17.7. The van der Waals surface area contributed by atoms with Crippen LogP contribution in [0.25, 0.3) is 0 Å². The van der Waals surface area contributed by atoms with Gasteiger partial charge in [0.25, 0.3) is 0 Å². The standard InChI is InChI=1S/C17H20ClNO4S/c1-4-19(24(20,21)15-7-5-6-14(18)11-15)12-13-8-9-16(22-2)17(10-13)23-3/h5-11H,4,12H2,1-3H3. The average Bonchev–Trinajstić information content (AvgIpc) is 2.59. The lowest BCUT2D eigenvalue weighted by Gasteiger charge is -2.21. The molecule has 0 fully saturated rings. The molecule has 2 aromatic carbocycles. The lowest BCUT2D eigenvalue weighted by atomic mass is 10.2. The molecular weight excluding hydrogens is 350 g/mol. The van der Waals surface area contributed by atoms with E-state index >= 15 is 0 Å². The van der Waals surface area contributed by atoms with Crippen LogP contribution in [0.5, 0.6) is 11.5 Å². The molecule has 0 saturated heterocycles. The van der Waals surface area contributed by atoms with Crippen LogP contribution in [0.3, 0.4) is 0 Å². The predicted octanol–water partition coefficient (Wildman–Crippen LogP) is 3.57. The average molecular weight is 370 g/mol. The van der Waals surface area contributed by atoms with Crippen LogP contribution < -0.4 is 9.47 Å². The van der Waals surface area contributed by atoms with Gasteiger partial charge in [0.1, 0.15) is 0 Å². The molecule has 0 bridgehead atoms. The van der Waals surface area contributed by atoms with Gasteiger partial charge in [-0.1, -0.05) is 30.7 Å². The Balaban J connectivity index is 2.32. The van der Waals surface area contributed by atoms with E-state index in [0.717, 1.165) is 5.56 Å². The molecule has 0 amide bonds. The topological polar surface area (TPSA) is 55.8 Å². The Kier molecular flexibility index (Phi) is 6.10. The molecule has 0 saturated carbocycles. The minimum absolute atomic E-state index is 0.178. The summed E-state index contributed by atoms with van der Waals surface area (Å²) >= 11 is 5.92. The molecule has 130 valence electrons. The second-order valence-corrected chi connectivity index (χ2v) is 7.45. The van der Waals surface area contributed by atoms with Crippen LogP contribution in [-0.4, -0.2) is 33.5 Å². The molecule has 2 rings (SSSR count). The quantitative estimate of drug-likeness (QED) is 0.748. The number of methoxy groups -OCH3 is 2. The SMILES string of the molecule is CCN(Cc1ccc(OC)c(OC)c1)S(=O)(=O)c1cccc(Cl)c1. The number of benzene rings is 2. The van der Waals surface area contributed by atoms with Crippen LogP contribution in [0.2, 0.25) is 5.02 Å². The van der Waals surface area contributed by atoms with E-state index in [1.807, 2.05) is 6.07 Å². The van der Waals surface area contributed by atoms with E-state index in [1.165, 1.54) is 10.4 Å². The molecule has 0 N–H and O–H groups in total. The predicted molar refractivity (Wildman–Crippen MR) is 94.3 cm³/mol. The van der Waals surface area contributed by atoms with Gasteiger partial charge >= 0.3 is 0 Å². The Morgan fingerprint density at radius 1 is 1.04 bits per heavy atom. The summed E-state index contributed by atoms with van der Waals surface area (Å²) < 4.78 is 37.5. The van der Waals surface area contributed by atoms with Crippen molar-refractivity contribution < 1.29 is 17.9 Å². The monoisotopic (exact) mass is 369 g/mol. The van der Waals surface area contributed by atoms with E-state index in [0.29, 0.717) is 23.1 Å². The molecule has 5 nitrogen and oxygen atoms in total. The number of halogens is 1. The third-order valence-electron chi connectivity index (χ3n) is 3.59. The summed E-state index contributed by atoms with van der Waals surface area (Å²) in [5.41, 5.74) is 0.806. The number of rotatable bonds is 7. The zero-order valence-corrected chi connectivity index (χ0v) is 15.4. The van der Waals surface area contributed by atoms with Crippen molar-refractivity contribution in [2.75, 3.05) is 20.8 Å². The second kappa shape index (κ2) is 7.88. The smallest absolute Gasteiger partial charge is 0.243 e. The normalized spacial score (nSPS) is 11.5. The summed E-state index contributed by atoms with van der Waals surface area (Å²) in [6.45, 7) is 2.36. The fraction of sp³-hybridized carbons (Fsp3) is 0.294. The van der Waals surface area contributed by atoms with E-state index in [4.69, 9.17) is 21.1 Å². The molecule has 0 unspecified atom stereocenters. The molecular formula is C17H20ClNO4S. The largest absolute Gasteiger partial charge is 0.493 e. The van der Waals surface area contributed by atoms with Crippen molar-refractivity contribution in [3.05, 3.63) is 53.1 Å². The van der Waals surface area contributed by atoms with Crippen LogP contribution in [0, 0.1) is 0 Å². The van der Waals surface area contributed by atoms with E-state index < -0.39 is 10.0 Å². The Hall–Kier alpha value is -1.76. The third-order valence-corrected chi connectivity index (χ3v) is 5.75. The van der Waals surface area contributed by atoms with E-state index in [9.17, 15) is 8.42 Å². The van der Waals surface area contributed by atoms with Gasteiger partial charge in [-0.2, -0.15) is 4.31 Å². The van der Waals surface area contributed by atoms with Crippen LogP contribution in [-0.2, 0) is 16.6 Å². The van der Waals surface area contributed by atoms with Gasteiger partial charge < -0.3 is 9.47 Å². The fourth-order valence-corrected chi connectivity index (χ4v) is 4.06. The number of hydrogen-bond donors (Lipinski definition) is 0. The molecule has 0 heterocycles. The molecule has 0 aliphatic rings. The van der Waals surface area contributed by atoms with Crippen molar-refractivity contribution in [3.63, 3.8) is 0 Å². The Bertz CT molecular complexity index is 808. The highest BCUT2D eigenvalue weighted by atomic mass is 35.5. The number of ether oxygens (including phenoxy) is 2. The van der Waals surface area contributed by atoms with Gasteiger partial charge in [-0.25, -0.2) is 8.42 Å². The first-order valence-corrected chi connectivity index (χ1v) is 9.20. The van der Waals surface area contributed by atoms with Crippen LogP contribution >= 0.6 is 11.6 Å². The molecule has 0 aliphatic heterocycles. The lowest BCUT2D eigenvalue weighted by Crippen LogP contribution is -2.30. The summed E-state index contributed by atoms with van der Waals surface area (Å²) in [6, 6.07) is 11.6. The van der Waals surface area contributed by atoms with Gasteiger partial charge in [0.2, 0.25) is 10.0 Å². The lowest BCUT2D eigenvalue weighted by molar-refractivity contribution is 0.353. The first-order chi connectivity index (χ1) is 11.4. The highest BCUT2D eigenvalue weighted by molar-refractivity contribution is 7.89. The van der Waals surface area contributed by atoms with Crippen molar-refractivity contribution >= 4 is 21.6 Å². The molecule has 0 aliphatic carbocycles. The molecule has 0 aromatic heterocycles. The van der Waals surface area contributed by atoms with Crippen molar-refractivity contribution in [1.82, 2.24) is 4.31 Å². The number of nitrogens with zero attached hydrogens (tertiary/aromatic N) is 1. The van der Waals surface area contributed by atoms with Gasteiger partial charge in [-0.3, -0.25) is 0 Å². The zero-order valence-electron chi connectivity index (χ0n) is 13.8. The minimum Gasteiger partial charge on any atom is -0.493 e. The van der Waals surface area contributed by atoms with Crippen LogP contribution in [0.1, 0.15) is 12.5 Å². The maximum Gasteiger partial charge on any atom is 0.243 e. The maximum atomic E-state index is 12.8. The molecule has 7 heteroatoms. The highest BCUT2D eigenvalue weighted by Gasteiger charge is 2.23. The molecule has 24 heavy (non-hydrogen) atoms. The van der Waals surface area contributed by atoms with Crippen molar-refractivity contribution in [3.8, 4) is 11.5 Å². The van der Waals surface area contributed by atoms with Crippen LogP contribution in [0.15, 0.2) is 47.4 Å². The second-order valence-electron chi connectivity index (χ2n) is 5.08. The van der Waals surface area contributed by atoms with Gasteiger partial charge in [0, 0.05) is 18.1 Å². The van der Waals surface area contributed by atoms with E-state index in [2.05, 4.69) is 0 Å². The Labute approximate surface area is 147 Å². The first-order valence-electron chi connectivity index (χ1n) is 7.39. The maximum absolute atomic E-state index is 12.8. The van der Waals surface area contributed by atoms with Gasteiger partial charge in [-0.05, 0) is 35.9 Å². The van der Waals surface area contributed by atoms with E-state index in [-0.39, 0.29) is 11.4 Å². The van der Waals surface area contributed by atoms with E-state index in [1.54, 1.807) is 51.5 Å². The van der Waals surface area contributed by atoms with Gasteiger partial charge in [-0.15, -0.1) is 0 Å². The summed E-state index contributed by atoms with van der Waals surface area (Å²) in [5.74, 6) is 1.16. The fourth-order valence-electron chi connectivity index (χ4n) is 2.33. The summed E-state index contributed by atoms with van der Waals surface area (Å²) in [7, 11) is -0.532. The highest BCUT2D eigenvalue weighted by Crippen LogP contribution is 2.29. The number of sulfonamides is 1. The first kappa shape index (κ1) is 18.6. The minimum atomic E-state index is -3.63. The summed E-state index contributed by atoms with van der Waals surface area (Å²) in [5, 5.41) is 0.387. The number of hydrogen-bond acceptors (Lipinski definition) is 4. The molecule has 0 atom stereocenters. The van der Waals surface area contributed by atoms with Gasteiger partial charge in [0.15, 0.2) is 11.5 Å². The summed E-state index contributed by atoms with van der Waals surface area (Å²) in [6.07, 6.45) is 0. The third kappa shape index (κ3) is 4.01. The van der Waals surface area contributed by atoms with Crippen LogP contribution in [0.4, 0.5) is 0 Å². The molecule has 2 aromatic rings. The Morgan fingerprint density at radius 2 is 1.75 bits per heavy atom. The Morgan fingerprint density at radius 3 is 2.33 bits per heavy atom. The van der Waals surface area contributed by atoms with Crippen molar-refractivity contribution in [2.45, 2.75) is 18.4 Å². The van der Waals surface area contributed by atoms with Crippen molar-refractivity contribution in [2.24, 2.45) is 0 Å². The summed E-state index contributed by atoms with van der Waals surface area (Å²) in [4.78, 5) is 0.178.